The third kappa shape index (κ3) is 5.24. The Balaban J connectivity index is 2.49. The van der Waals surface area contributed by atoms with Crippen LogP contribution >= 0.6 is 0 Å². The molecule has 1 saturated carbocycles. The Hall–Kier alpha value is -1.79. The van der Waals surface area contributed by atoms with E-state index in [9.17, 15) is 19.5 Å². The van der Waals surface area contributed by atoms with Gasteiger partial charge in [-0.1, -0.05) is 12.8 Å². The van der Waals surface area contributed by atoms with Crippen LogP contribution in [0.1, 0.15) is 32.6 Å². The first-order valence-corrected chi connectivity index (χ1v) is 7.45. The van der Waals surface area contributed by atoms with Crippen molar-refractivity contribution in [1.82, 2.24) is 15.5 Å². The van der Waals surface area contributed by atoms with Crippen LogP contribution in [0.5, 0.6) is 0 Å². The number of carboxylic acids is 1. The highest BCUT2D eigenvalue weighted by atomic mass is 16.4. The van der Waals surface area contributed by atoms with E-state index in [0.717, 1.165) is 19.3 Å². The smallest absolute Gasteiger partial charge is 0.317 e. The lowest BCUT2D eigenvalue weighted by atomic mass is 9.79. The van der Waals surface area contributed by atoms with Gasteiger partial charge >= 0.3 is 12.0 Å². The summed E-state index contributed by atoms with van der Waals surface area (Å²) in [4.78, 5) is 36.0. The zero-order valence-electron chi connectivity index (χ0n) is 12.7. The number of carbonyl (C=O) groups is 3. The predicted octanol–water partition coefficient (Wildman–Crippen LogP) is 0.655. The highest BCUT2D eigenvalue weighted by Gasteiger charge is 2.31. The summed E-state index contributed by atoms with van der Waals surface area (Å²) in [6.45, 7) is 2.57. The van der Waals surface area contributed by atoms with E-state index in [4.69, 9.17) is 0 Å². The minimum absolute atomic E-state index is 0.00581. The molecule has 0 aromatic rings. The van der Waals surface area contributed by atoms with Crippen LogP contribution in [0.2, 0.25) is 0 Å². The number of aliphatic carboxylic acids is 1. The molecule has 120 valence electrons. The van der Waals surface area contributed by atoms with Gasteiger partial charge in [0.05, 0.1) is 5.92 Å². The predicted molar refractivity (Wildman–Crippen MR) is 77.8 cm³/mol. The second-order valence-corrected chi connectivity index (χ2v) is 5.36. The van der Waals surface area contributed by atoms with Gasteiger partial charge in [-0.15, -0.1) is 0 Å². The molecule has 2 unspecified atom stereocenters. The molecule has 0 bridgehead atoms. The van der Waals surface area contributed by atoms with Crippen molar-refractivity contribution in [2.45, 2.75) is 32.6 Å². The Bertz CT molecular complexity index is 386. The molecule has 1 aliphatic carbocycles. The zero-order valence-corrected chi connectivity index (χ0v) is 12.7. The molecule has 1 fully saturated rings. The van der Waals surface area contributed by atoms with Crippen molar-refractivity contribution in [2.75, 3.05) is 26.7 Å². The molecule has 2 atom stereocenters. The number of hydrogen-bond acceptors (Lipinski definition) is 3. The summed E-state index contributed by atoms with van der Waals surface area (Å²) in [5, 5.41) is 14.4. The Morgan fingerprint density at radius 2 is 1.90 bits per heavy atom. The molecular weight excluding hydrogens is 274 g/mol. The van der Waals surface area contributed by atoms with E-state index in [1.54, 1.807) is 6.92 Å². The van der Waals surface area contributed by atoms with E-state index in [1.165, 1.54) is 11.9 Å². The fourth-order valence-corrected chi connectivity index (χ4v) is 2.69. The number of nitrogens with zero attached hydrogens (tertiary/aromatic N) is 1. The molecule has 3 amide bonds. The number of carboxylic acid groups (broad SMARTS) is 1. The lowest BCUT2D eigenvalue weighted by Gasteiger charge is -2.29. The molecule has 0 heterocycles. The molecule has 21 heavy (non-hydrogen) atoms. The van der Waals surface area contributed by atoms with Crippen LogP contribution in [-0.4, -0.2) is 54.6 Å². The van der Waals surface area contributed by atoms with Crippen LogP contribution in [0.15, 0.2) is 0 Å². The normalized spacial score (nSPS) is 21.4. The lowest BCUT2D eigenvalue weighted by molar-refractivity contribution is -0.144. The van der Waals surface area contributed by atoms with E-state index in [2.05, 4.69) is 10.6 Å². The maximum atomic E-state index is 12.0. The van der Waals surface area contributed by atoms with Crippen molar-refractivity contribution < 1.29 is 19.5 Å². The summed E-state index contributed by atoms with van der Waals surface area (Å²) in [6, 6.07) is -0.323. The first-order chi connectivity index (χ1) is 9.99. The number of carbonyl (C=O) groups excluding carboxylic acids is 2. The van der Waals surface area contributed by atoms with Crippen LogP contribution in [0.25, 0.3) is 0 Å². The second kappa shape index (κ2) is 8.49. The zero-order chi connectivity index (χ0) is 15.8. The fourth-order valence-electron chi connectivity index (χ4n) is 2.69. The third-order valence-corrected chi connectivity index (χ3v) is 4.02. The quantitative estimate of drug-likeness (QED) is 0.671. The number of amides is 3. The van der Waals surface area contributed by atoms with Crippen LogP contribution in [0, 0.1) is 11.8 Å². The van der Waals surface area contributed by atoms with E-state index in [0.29, 0.717) is 19.5 Å². The number of hydrogen-bond donors (Lipinski definition) is 3. The van der Waals surface area contributed by atoms with Gasteiger partial charge in [-0.3, -0.25) is 9.59 Å². The summed E-state index contributed by atoms with van der Waals surface area (Å²) in [5.41, 5.74) is 0. The summed E-state index contributed by atoms with van der Waals surface area (Å²) < 4.78 is 0. The molecular formula is C14H25N3O4. The number of rotatable bonds is 6. The summed E-state index contributed by atoms with van der Waals surface area (Å²) >= 11 is 0. The second-order valence-electron chi connectivity index (χ2n) is 5.36. The van der Waals surface area contributed by atoms with E-state index < -0.39 is 5.97 Å². The van der Waals surface area contributed by atoms with Gasteiger partial charge in [0.1, 0.15) is 6.54 Å². The molecule has 0 aromatic carbocycles. The van der Waals surface area contributed by atoms with Crippen LogP contribution in [0.4, 0.5) is 4.79 Å². The van der Waals surface area contributed by atoms with E-state index >= 15 is 0 Å². The van der Waals surface area contributed by atoms with E-state index in [-0.39, 0.29) is 30.3 Å². The standard InChI is InChI=1S/C14H25N3O4/c1-3-17(9-12(18)15-2)14(21)16-8-10-6-4-5-7-11(10)13(19)20/h10-11H,3-9H2,1-2H3,(H,15,18)(H,16,21)(H,19,20). The maximum Gasteiger partial charge on any atom is 0.317 e. The minimum atomic E-state index is -0.786. The highest BCUT2D eigenvalue weighted by Crippen LogP contribution is 2.29. The number of likely N-dealkylation sites (N-methyl/N-ethyl adjacent to an activating group) is 2. The largest absolute Gasteiger partial charge is 0.481 e. The first-order valence-electron chi connectivity index (χ1n) is 7.45. The van der Waals surface area contributed by atoms with Gasteiger partial charge in [-0.25, -0.2) is 4.79 Å². The van der Waals surface area contributed by atoms with Crippen molar-refractivity contribution in [2.24, 2.45) is 11.8 Å². The van der Waals surface area contributed by atoms with Crippen LogP contribution in [-0.2, 0) is 9.59 Å². The van der Waals surface area contributed by atoms with Gasteiger partial charge in [0.15, 0.2) is 0 Å². The monoisotopic (exact) mass is 299 g/mol. The van der Waals surface area contributed by atoms with Gasteiger partial charge < -0.3 is 20.6 Å². The van der Waals surface area contributed by atoms with Gasteiger partial charge in [0.25, 0.3) is 0 Å². The minimum Gasteiger partial charge on any atom is -0.481 e. The Labute approximate surface area is 125 Å². The number of nitrogens with one attached hydrogen (secondary N) is 2. The molecule has 0 radical (unpaired) electrons. The summed E-state index contributed by atoms with van der Waals surface area (Å²) in [5.74, 6) is -1.42. The maximum absolute atomic E-state index is 12.0. The van der Waals surface area contributed by atoms with Gasteiger partial charge in [-0.05, 0) is 25.7 Å². The highest BCUT2D eigenvalue weighted by molar-refractivity contribution is 5.83. The average molecular weight is 299 g/mol. The van der Waals surface area contributed by atoms with Crippen molar-refractivity contribution in [1.29, 1.82) is 0 Å². The van der Waals surface area contributed by atoms with Crippen molar-refractivity contribution in [3.05, 3.63) is 0 Å². The van der Waals surface area contributed by atoms with E-state index in [1.807, 2.05) is 0 Å². The fraction of sp³-hybridized carbons (Fsp3) is 0.786. The molecule has 7 heteroatoms. The van der Waals surface area contributed by atoms with Crippen molar-refractivity contribution in [3.8, 4) is 0 Å². The molecule has 0 aliphatic heterocycles. The van der Waals surface area contributed by atoms with Crippen LogP contribution in [0.3, 0.4) is 0 Å². The summed E-state index contributed by atoms with van der Waals surface area (Å²) in [7, 11) is 1.52. The molecule has 3 N–H and O–H groups in total. The molecule has 0 aromatic heterocycles. The van der Waals surface area contributed by atoms with Gasteiger partial charge in [-0.2, -0.15) is 0 Å². The lowest BCUT2D eigenvalue weighted by Crippen LogP contribution is -2.47. The van der Waals surface area contributed by atoms with Crippen molar-refractivity contribution in [3.63, 3.8) is 0 Å². The summed E-state index contributed by atoms with van der Waals surface area (Å²) in [6.07, 6.45) is 3.42. The third-order valence-electron chi connectivity index (χ3n) is 4.02. The Morgan fingerprint density at radius 1 is 1.24 bits per heavy atom. The van der Waals surface area contributed by atoms with Crippen molar-refractivity contribution >= 4 is 17.9 Å². The number of urea groups is 1. The topological polar surface area (TPSA) is 98.7 Å². The van der Waals surface area contributed by atoms with Crippen LogP contribution < -0.4 is 10.6 Å². The molecule has 0 saturated heterocycles. The Morgan fingerprint density at radius 3 is 2.48 bits per heavy atom. The first kappa shape index (κ1) is 17.3. The SMILES string of the molecule is CCN(CC(=O)NC)C(=O)NCC1CCCCC1C(=O)O. The molecule has 1 aliphatic rings. The molecule has 1 rings (SSSR count). The Kier molecular flexibility index (Phi) is 6.98. The average Bonchev–Trinajstić information content (AvgIpc) is 2.49. The molecule has 0 spiro atoms. The van der Waals surface area contributed by atoms with Gasteiger partial charge in [0.2, 0.25) is 5.91 Å². The van der Waals surface area contributed by atoms with Gasteiger partial charge in [0, 0.05) is 20.1 Å². The molecule has 7 nitrogen and oxygen atoms in total.